The van der Waals surface area contributed by atoms with Gasteiger partial charge in [0.15, 0.2) is 6.10 Å². The van der Waals surface area contributed by atoms with Crippen molar-refractivity contribution in [3.05, 3.63) is 58.6 Å². The van der Waals surface area contributed by atoms with Gasteiger partial charge >= 0.3 is 0 Å². The summed E-state index contributed by atoms with van der Waals surface area (Å²) in [6.45, 7) is 5.63. The summed E-state index contributed by atoms with van der Waals surface area (Å²) in [5.41, 5.74) is 2.72. The van der Waals surface area contributed by atoms with Crippen LogP contribution in [0.15, 0.2) is 42.5 Å². The molecule has 2 aromatic carbocycles. The molecular weight excluding hydrogens is 286 g/mol. The Hall–Kier alpha value is -2.00. The molecule has 0 aliphatic carbocycles. The molecule has 2 aromatic rings. The summed E-state index contributed by atoms with van der Waals surface area (Å²) in [6.07, 6.45) is -0.607. The molecule has 0 bridgehead atoms. The zero-order chi connectivity index (χ0) is 15.4. The zero-order valence-corrected chi connectivity index (χ0v) is 13.1. The molecule has 0 aliphatic heterocycles. The van der Waals surface area contributed by atoms with E-state index < -0.39 is 6.10 Å². The number of hydrogen-bond donors (Lipinski definition) is 1. The smallest absolute Gasteiger partial charge is 0.265 e. The zero-order valence-electron chi connectivity index (χ0n) is 12.3. The Labute approximate surface area is 129 Å². The lowest BCUT2D eigenvalue weighted by Crippen LogP contribution is -2.30. The van der Waals surface area contributed by atoms with Crippen LogP contribution < -0.4 is 10.1 Å². The normalized spacial score (nSPS) is 11.8. The summed E-state index contributed by atoms with van der Waals surface area (Å²) in [4.78, 5) is 12.1. The third kappa shape index (κ3) is 4.23. The quantitative estimate of drug-likeness (QED) is 0.911. The van der Waals surface area contributed by atoms with E-state index in [2.05, 4.69) is 5.32 Å². The lowest BCUT2D eigenvalue weighted by Gasteiger charge is -2.15. The van der Waals surface area contributed by atoms with Gasteiger partial charge in [0.1, 0.15) is 5.75 Å². The summed E-state index contributed by atoms with van der Waals surface area (Å²) >= 11 is 6.10. The van der Waals surface area contributed by atoms with Crippen LogP contribution in [0.2, 0.25) is 5.02 Å². The van der Waals surface area contributed by atoms with E-state index in [0.717, 1.165) is 11.1 Å². The van der Waals surface area contributed by atoms with Crippen LogP contribution in [0, 0.1) is 13.8 Å². The number of nitrogens with one attached hydrogen (secondary N) is 1. The molecule has 0 fully saturated rings. The standard InChI is InChI=1S/C17H18ClNO2/c1-11-5-4-6-14(9-11)21-13(3)17(20)19-16-8-7-12(2)10-15(16)18/h4-10,13H,1-3H3,(H,19,20). The molecule has 110 valence electrons. The van der Waals surface area contributed by atoms with Crippen LogP contribution in [0.4, 0.5) is 5.69 Å². The average molecular weight is 304 g/mol. The first-order chi connectivity index (χ1) is 9.95. The first kappa shape index (κ1) is 15.4. The van der Waals surface area contributed by atoms with Gasteiger partial charge in [-0.25, -0.2) is 0 Å². The highest BCUT2D eigenvalue weighted by atomic mass is 35.5. The third-order valence-corrected chi connectivity index (χ3v) is 3.37. The monoisotopic (exact) mass is 303 g/mol. The number of carbonyl (C=O) groups is 1. The van der Waals surface area contributed by atoms with E-state index in [9.17, 15) is 4.79 Å². The van der Waals surface area contributed by atoms with Gasteiger partial charge in [0.25, 0.3) is 5.91 Å². The van der Waals surface area contributed by atoms with Gasteiger partial charge < -0.3 is 10.1 Å². The molecule has 0 aliphatic rings. The van der Waals surface area contributed by atoms with Gasteiger partial charge in [-0.05, 0) is 56.2 Å². The van der Waals surface area contributed by atoms with E-state index in [1.165, 1.54) is 0 Å². The molecule has 21 heavy (non-hydrogen) atoms. The molecule has 4 heteroatoms. The fourth-order valence-electron chi connectivity index (χ4n) is 1.90. The molecule has 1 N–H and O–H groups in total. The fraction of sp³-hybridized carbons (Fsp3) is 0.235. The van der Waals surface area contributed by atoms with Crippen LogP contribution in [-0.2, 0) is 4.79 Å². The molecule has 0 spiro atoms. The number of aryl methyl sites for hydroxylation is 2. The van der Waals surface area contributed by atoms with Crippen molar-refractivity contribution >= 4 is 23.2 Å². The minimum atomic E-state index is -0.607. The summed E-state index contributed by atoms with van der Waals surface area (Å²) in [7, 11) is 0. The van der Waals surface area contributed by atoms with E-state index in [1.54, 1.807) is 13.0 Å². The third-order valence-electron chi connectivity index (χ3n) is 3.05. The minimum Gasteiger partial charge on any atom is -0.481 e. The van der Waals surface area contributed by atoms with Crippen LogP contribution in [0.5, 0.6) is 5.75 Å². The first-order valence-electron chi connectivity index (χ1n) is 6.76. The Kier molecular flexibility index (Phi) is 4.86. The van der Waals surface area contributed by atoms with Gasteiger partial charge in [-0.1, -0.05) is 29.8 Å². The predicted molar refractivity (Wildman–Crippen MR) is 86.1 cm³/mol. The van der Waals surface area contributed by atoms with Gasteiger partial charge in [-0.15, -0.1) is 0 Å². The Balaban J connectivity index is 2.02. The van der Waals surface area contributed by atoms with E-state index in [0.29, 0.717) is 16.5 Å². The molecule has 3 nitrogen and oxygen atoms in total. The lowest BCUT2D eigenvalue weighted by molar-refractivity contribution is -0.122. The van der Waals surface area contributed by atoms with Crippen molar-refractivity contribution in [2.45, 2.75) is 26.9 Å². The molecule has 1 amide bonds. The van der Waals surface area contributed by atoms with Crippen molar-refractivity contribution in [1.29, 1.82) is 0 Å². The number of carbonyl (C=O) groups excluding carboxylic acids is 1. The summed E-state index contributed by atoms with van der Waals surface area (Å²) in [5.74, 6) is 0.440. The first-order valence-corrected chi connectivity index (χ1v) is 7.14. The SMILES string of the molecule is Cc1cccc(OC(C)C(=O)Nc2ccc(C)cc2Cl)c1. The maximum Gasteiger partial charge on any atom is 0.265 e. The number of amides is 1. The van der Waals surface area contributed by atoms with Crippen LogP contribution in [0.25, 0.3) is 0 Å². The Bertz CT molecular complexity index is 655. The number of anilines is 1. The van der Waals surface area contributed by atoms with Gasteiger partial charge in [-0.3, -0.25) is 4.79 Å². The van der Waals surface area contributed by atoms with Gasteiger partial charge in [0.2, 0.25) is 0 Å². The largest absolute Gasteiger partial charge is 0.481 e. The average Bonchev–Trinajstić information content (AvgIpc) is 2.41. The van der Waals surface area contributed by atoms with Crippen molar-refractivity contribution < 1.29 is 9.53 Å². The molecule has 0 aromatic heterocycles. The highest BCUT2D eigenvalue weighted by Gasteiger charge is 2.16. The Morgan fingerprint density at radius 3 is 2.52 bits per heavy atom. The van der Waals surface area contributed by atoms with Crippen LogP contribution in [0.3, 0.4) is 0 Å². The minimum absolute atomic E-state index is 0.234. The number of halogens is 1. The van der Waals surface area contributed by atoms with Crippen molar-refractivity contribution in [3.63, 3.8) is 0 Å². The van der Waals surface area contributed by atoms with Crippen LogP contribution in [0.1, 0.15) is 18.1 Å². The van der Waals surface area contributed by atoms with Crippen molar-refractivity contribution in [2.75, 3.05) is 5.32 Å². The van der Waals surface area contributed by atoms with Crippen molar-refractivity contribution in [2.24, 2.45) is 0 Å². The number of rotatable bonds is 4. The van der Waals surface area contributed by atoms with Gasteiger partial charge in [0, 0.05) is 0 Å². The van der Waals surface area contributed by atoms with Gasteiger partial charge in [0.05, 0.1) is 10.7 Å². The Morgan fingerprint density at radius 1 is 1.14 bits per heavy atom. The summed E-state index contributed by atoms with van der Waals surface area (Å²) in [5, 5.41) is 3.30. The second-order valence-corrected chi connectivity index (χ2v) is 5.46. The van der Waals surface area contributed by atoms with E-state index in [-0.39, 0.29) is 5.91 Å². The van der Waals surface area contributed by atoms with Crippen molar-refractivity contribution in [1.82, 2.24) is 0 Å². The van der Waals surface area contributed by atoms with E-state index in [1.807, 2.05) is 50.2 Å². The summed E-state index contributed by atoms with van der Waals surface area (Å²) < 4.78 is 5.64. The fourth-order valence-corrected chi connectivity index (χ4v) is 2.18. The number of hydrogen-bond acceptors (Lipinski definition) is 2. The van der Waals surface area contributed by atoms with E-state index >= 15 is 0 Å². The summed E-state index contributed by atoms with van der Waals surface area (Å²) in [6, 6.07) is 13.1. The van der Waals surface area contributed by atoms with Crippen molar-refractivity contribution in [3.8, 4) is 5.75 Å². The highest BCUT2D eigenvalue weighted by Crippen LogP contribution is 2.23. The van der Waals surface area contributed by atoms with Gasteiger partial charge in [-0.2, -0.15) is 0 Å². The second kappa shape index (κ2) is 6.64. The molecule has 1 atom stereocenters. The molecule has 2 rings (SSSR count). The molecule has 0 heterocycles. The number of benzene rings is 2. The van der Waals surface area contributed by atoms with Crippen LogP contribution in [-0.4, -0.2) is 12.0 Å². The highest BCUT2D eigenvalue weighted by molar-refractivity contribution is 6.33. The lowest BCUT2D eigenvalue weighted by atomic mass is 10.2. The second-order valence-electron chi connectivity index (χ2n) is 5.05. The maximum atomic E-state index is 12.1. The topological polar surface area (TPSA) is 38.3 Å². The molecule has 0 radical (unpaired) electrons. The Morgan fingerprint density at radius 2 is 1.86 bits per heavy atom. The van der Waals surface area contributed by atoms with E-state index in [4.69, 9.17) is 16.3 Å². The predicted octanol–water partition coefficient (Wildman–Crippen LogP) is 4.36. The molecule has 1 unspecified atom stereocenters. The maximum absolute atomic E-state index is 12.1. The molecule has 0 saturated carbocycles. The molecular formula is C17H18ClNO2. The van der Waals surface area contributed by atoms with Crippen LogP contribution >= 0.6 is 11.6 Å². The molecule has 0 saturated heterocycles. The number of ether oxygens (including phenoxy) is 1.